The molecule has 0 heterocycles. The van der Waals surface area contributed by atoms with E-state index in [4.69, 9.17) is 0 Å². The third-order valence-corrected chi connectivity index (χ3v) is 9.94. The Kier molecular flexibility index (Phi) is 18.1. The molecule has 0 bridgehead atoms. The summed E-state index contributed by atoms with van der Waals surface area (Å²) in [6.45, 7) is 13.5. The highest BCUT2D eigenvalue weighted by Crippen LogP contribution is 2.61. The maximum atomic E-state index is 2.47. The zero-order valence-electron chi connectivity index (χ0n) is 18.8. The maximum Gasteiger partial charge on any atom is -0.0204 e. The van der Waals surface area contributed by atoms with Crippen molar-refractivity contribution < 1.29 is 0 Å². The summed E-state index contributed by atoms with van der Waals surface area (Å²) in [6.07, 6.45) is 22.3. The first kappa shape index (κ1) is 25.4. The monoisotopic (exact) mass is 370 g/mol. The normalized spacial score (nSPS) is 20.9. The fourth-order valence-corrected chi connectivity index (χ4v) is 9.06. The molecule has 0 aromatic carbocycles. The Morgan fingerprint density at radius 3 is 1.36 bits per heavy atom. The van der Waals surface area contributed by atoms with Crippen molar-refractivity contribution >= 4 is 7.92 Å². The Hall–Kier alpha value is 0.430. The Balaban J connectivity index is 0.000000708. The molecule has 0 spiro atoms. The van der Waals surface area contributed by atoms with Crippen molar-refractivity contribution in [2.75, 3.05) is 0 Å². The zero-order chi connectivity index (χ0) is 18.9. The fourth-order valence-electron chi connectivity index (χ4n) is 4.37. The largest absolute Gasteiger partial charge is 0.0972 e. The summed E-state index contributed by atoms with van der Waals surface area (Å²) in [5, 5.41) is 0. The van der Waals surface area contributed by atoms with Crippen LogP contribution in [-0.2, 0) is 0 Å². The van der Waals surface area contributed by atoms with Crippen LogP contribution in [0.25, 0.3) is 0 Å². The maximum absolute atomic E-state index is 2.47. The van der Waals surface area contributed by atoms with E-state index in [0.717, 1.165) is 11.3 Å². The Labute approximate surface area is 163 Å². The van der Waals surface area contributed by atoms with Gasteiger partial charge in [-0.25, -0.2) is 0 Å². The number of hydrogen-bond acceptors (Lipinski definition) is 0. The van der Waals surface area contributed by atoms with Crippen molar-refractivity contribution in [1.82, 2.24) is 0 Å². The van der Waals surface area contributed by atoms with Gasteiger partial charge in [0.2, 0.25) is 0 Å². The molecule has 152 valence electrons. The molecule has 0 aromatic heterocycles. The first-order valence-electron chi connectivity index (χ1n) is 12.0. The van der Waals surface area contributed by atoms with E-state index in [2.05, 4.69) is 41.5 Å². The van der Waals surface area contributed by atoms with E-state index in [0.29, 0.717) is 7.92 Å². The lowest BCUT2D eigenvalue weighted by molar-refractivity contribution is 0.503. The fraction of sp³-hybridized carbons (Fsp3) is 1.00. The van der Waals surface area contributed by atoms with Gasteiger partial charge in [-0.2, -0.15) is 0 Å². The van der Waals surface area contributed by atoms with Crippen LogP contribution >= 0.6 is 7.92 Å². The van der Waals surface area contributed by atoms with Crippen LogP contribution in [0.2, 0.25) is 0 Å². The molecule has 2 unspecified atom stereocenters. The second-order valence-electron chi connectivity index (χ2n) is 8.24. The smallest absolute Gasteiger partial charge is 0.0204 e. The molecule has 25 heavy (non-hydrogen) atoms. The molecule has 2 saturated carbocycles. The van der Waals surface area contributed by atoms with Gasteiger partial charge >= 0.3 is 0 Å². The lowest BCUT2D eigenvalue weighted by atomic mass is 10.0. The molecule has 1 heteroatoms. The van der Waals surface area contributed by atoms with Crippen LogP contribution in [0.3, 0.4) is 0 Å². The van der Waals surface area contributed by atoms with Crippen molar-refractivity contribution in [1.29, 1.82) is 0 Å². The van der Waals surface area contributed by atoms with Crippen molar-refractivity contribution in [3.05, 3.63) is 0 Å². The minimum atomic E-state index is 0.351. The molecule has 0 nitrogen and oxygen atoms in total. The van der Waals surface area contributed by atoms with Gasteiger partial charge in [-0.3, -0.25) is 0 Å². The number of unbranched alkanes of at least 4 members (excludes halogenated alkanes) is 1. The van der Waals surface area contributed by atoms with E-state index in [1.54, 1.807) is 51.4 Å². The predicted molar refractivity (Wildman–Crippen MR) is 122 cm³/mol. The highest BCUT2D eigenvalue weighted by Gasteiger charge is 2.35. The molecule has 0 aliphatic heterocycles. The van der Waals surface area contributed by atoms with Crippen LogP contribution in [0.15, 0.2) is 0 Å². The predicted octanol–water partition coefficient (Wildman–Crippen LogP) is 9.54. The summed E-state index contributed by atoms with van der Waals surface area (Å²) >= 11 is 0. The molecule has 0 radical (unpaired) electrons. The summed E-state index contributed by atoms with van der Waals surface area (Å²) in [7, 11) is 0.351. The number of rotatable bonds is 7. The minimum Gasteiger partial charge on any atom is -0.0972 e. The highest BCUT2D eigenvalue weighted by atomic mass is 31.1. The Bertz CT molecular complexity index is 244. The summed E-state index contributed by atoms with van der Waals surface area (Å²) in [6, 6.07) is 0. The standard InChI is InChI=1S/C17H33P.C4H10.C3H8/c1-3-10-15(4-2)18(17-13-8-9-14-17)16-11-6-5-7-12-16;1-3-4-2;1-3-2/h15-17H,3-14H2,1-2H3;3-4H2,1-2H3;3H2,1-2H3. The van der Waals surface area contributed by atoms with E-state index in [9.17, 15) is 0 Å². The topological polar surface area (TPSA) is 0 Å². The SMILES string of the molecule is CCC.CCCC.CCCC(CC)P(C1CCCCC1)C1CCCC1. The van der Waals surface area contributed by atoms with Crippen LogP contribution in [0.5, 0.6) is 0 Å². The second kappa shape index (κ2) is 17.8. The molecule has 0 saturated heterocycles. The average Bonchev–Trinajstić information content (AvgIpc) is 3.17. The van der Waals surface area contributed by atoms with Crippen LogP contribution < -0.4 is 0 Å². The third-order valence-electron chi connectivity index (χ3n) is 5.76. The van der Waals surface area contributed by atoms with E-state index < -0.39 is 0 Å². The van der Waals surface area contributed by atoms with Gasteiger partial charge in [0.1, 0.15) is 0 Å². The van der Waals surface area contributed by atoms with Gasteiger partial charge in [0, 0.05) is 0 Å². The lowest BCUT2D eigenvalue weighted by Gasteiger charge is -2.40. The average molecular weight is 371 g/mol. The molecule has 2 atom stereocenters. The van der Waals surface area contributed by atoms with Gasteiger partial charge in [0.25, 0.3) is 0 Å². The summed E-state index contributed by atoms with van der Waals surface area (Å²) in [5.74, 6) is 0. The lowest BCUT2D eigenvalue weighted by Crippen LogP contribution is -2.23. The molecule has 2 aliphatic rings. The molecule has 2 aliphatic carbocycles. The quantitative estimate of drug-likeness (QED) is 0.391. The summed E-state index contributed by atoms with van der Waals surface area (Å²) < 4.78 is 0. The molecule has 0 aromatic rings. The number of hydrogen-bond donors (Lipinski definition) is 0. The third kappa shape index (κ3) is 11.0. The van der Waals surface area contributed by atoms with Crippen LogP contribution in [0, 0.1) is 0 Å². The molecular weight excluding hydrogens is 319 g/mol. The zero-order valence-corrected chi connectivity index (χ0v) is 19.7. The molecule has 2 fully saturated rings. The van der Waals surface area contributed by atoms with Crippen molar-refractivity contribution in [3.8, 4) is 0 Å². The van der Waals surface area contributed by atoms with Gasteiger partial charge in [-0.15, -0.1) is 0 Å². The van der Waals surface area contributed by atoms with Gasteiger partial charge < -0.3 is 0 Å². The van der Waals surface area contributed by atoms with E-state index >= 15 is 0 Å². The van der Waals surface area contributed by atoms with Crippen molar-refractivity contribution in [2.45, 2.75) is 155 Å². The van der Waals surface area contributed by atoms with Gasteiger partial charge in [-0.1, -0.05) is 107 Å². The van der Waals surface area contributed by atoms with Crippen LogP contribution in [0.1, 0.15) is 138 Å². The van der Waals surface area contributed by atoms with Crippen molar-refractivity contribution in [2.24, 2.45) is 0 Å². The molecule has 0 N–H and O–H groups in total. The summed E-state index contributed by atoms with van der Waals surface area (Å²) in [5.41, 5.74) is 3.43. The van der Waals surface area contributed by atoms with Gasteiger partial charge in [0.05, 0.1) is 0 Å². The Morgan fingerprint density at radius 1 is 0.640 bits per heavy atom. The van der Waals surface area contributed by atoms with Gasteiger partial charge in [0.15, 0.2) is 0 Å². The van der Waals surface area contributed by atoms with Crippen molar-refractivity contribution in [3.63, 3.8) is 0 Å². The van der Waals surface area contributed by atoms with E-state index in [-0.39, 0.29) is 0 Å². The molecular formula is C24H51P. The van der Waals surface area contributed by atoms with Crippen LogP contribution in [0.4, 0.5) is 0 Å². The first-order valence-corrected chi connectivity index (χ1v) is 13.5. The minimum absolute atomic E-state index is 0.351. The van der Waals surface area contributed by atoms with E-state index in [1.807, 2.05) is 0 Å². The second-order valence-corrected chi connectivity index (χ2v) is 11.3. The summed E-state index contributed by atoms with van der Waals surface area (Å²) in [4.78, 5) is 0. The Morgan fingerprint density at radius 2 is 1.04 bits per heavy atom. The first-order chi connectivity index (χ1) is 12.2. The molecule has 0 amide bonds. The van der Waals surface area contributed by atoms with Gasteiger partial charge in [-0.05, 0) is 55.5 Å². The van der Waals surface area contributed by atoms with E-state index in [1.165, 1.54) is 50.6 Å². The highest BCUT2D eigenvalue weighted by molar-refractivity contribution is 7.60. The van der Waals surface area contributed by atoms with Crippen LogP contribution in [-0.4, -0.2) is 17.0 Å². The molecule has 2 rings (SSSR count).